The lowest BCUT2D eigenvalue weighted by molar-refractivity contribution is 0.0657. The Morgan fingerprint density at radius 3 is 1.42 bits per heavy atom. The topological polar surface area (TPSA) is 211 Å². The molecular formula is C54H58BClN12O4. The van der Waals surface area contributed by atoms with E-state index in [4.69, 9.17) is 32.2 Å². The second kappa shape index (κ2) is 21.6. The van der Waals surface area contributed by atoms with Crippen molar-refractivity contribution in [2.75, 3.05) is 51.1 Å². The molecule has 4 N–H and O–H groups in total. The summed E-state index contributed by atoms with van der Waals surface area (Å²) >= 11 is 5.77. The molecule has 0 radical (unpaired) electrons. The number of hydrogen-bond acceptors (Lipinski definition) is 12. The number of aromatic nitrogens is 4. The molecule has 4 amide bonds. The molecule has 10 rings (SSSR count). The van der Waals surface area contributed by atoms with Gasteiger partial charge in [0.15, 0.2) is 5.82 Å². The molecule has 4 aromatic carbocycles. The zero-order valence-electron chi connectivity index (χ0n) is 40.9. The fourth-order valence-corrected chi connectivity index (χ4v) is 10.8. The molecule has 4 aliphatic rings. The van der Waals surface area contributed by atoms with Gasteiger partial charge in [0.1, 0.15) is 0 Å². The molecule has 16 nitrogen and oxygen atoms in total. The van der Waals surface area contributed by atoms with Crippen molar-refractivity contribution in [3.05, 3.63) is 162 Å². The first-order valence-corrected chi connectivity index (χ1v) is 24.3. The van der Waals surface area contributed by atoms with Gasteiger partial charge >= 0.3 is 19.2 Å². The van der Waals surface area contributed by atoms with Gasteiger partial charge in [-0.3, -0.25) is 19.6 Å². The number of carbonyl (C=O) groups is 2. The predicted octanol–water partition coefficient (Wildman–Crippen LogP) is 6.98. The average Bonchev–Trinajstić information content (AvgIpc) is 3.92. The van der Waals surface area contributed by atoms with Crippen LogP contribution < -0.4 is 25.9 Å². The Morgan fingerprint density at radius 2 is 1.00 bits per heavy atom. The van der Waals surface area contributed by atoms with Crippen LogP contribution in [0.25, 0.3) is 11.4 Å². The van der Waals surface area contributed by atoms with E-state index in [1.165, 1.54) is 17.2 Å². The molecule has 4 fully saturated rings. The number of urea groups is 2. The van der Waals surface area contributed by atoms with Crippen molar-refractivity contribution in [2.45, 2.75) is 73.5 Å². The third-order valence-corrected chi connectivity index (χ3v) is 15.2. The second-order valence-corrected chi connectivity index (χ2v) is 19.8. The molecular weight excluding hydrogens is 927 g/mol. The van der Waals surface area contributed by atoms with Crippen molar-refractivity contribution in [1.29, 1.82) is 10.5 Å². The molecule has 2 saturated carbocycles. The molecule has 2 aromatic heterocycles. The number of nitriles is 2. The molecule has 2 aliphatic heterocycles. The number of nitrogens with zero attached hydrogens (tertiary/aromatic N) is 10. The summed E-state index contributed by atoms with van der Waals surface area (Å²) in [6, 6.07) is 38.6. The minimum atomic E-state index is -1.50. The monoisotopic (exact) mass is 984 g/mol. The van der Waals surface area contributed by atoms with Gasteiger partial charge in [-0.05, 0) is 132 Å². The molecule has 4 heterocycles. The van der Waals surface area contributed by atoms with Crippen LogP contribution in [0.2, 0.25) is 5.28 Å². The van der Waals surface area contributed by atoms with Crippen molar-refractivity contribution >= 4 is 47.6 Å². The Morgan fingerprint density at radius 1 is 0.583 bits per heavy atom. The van der Waals surface area contributed by atoms with E-state index < -0.39 is 7.12 Å². The first-order chi connectivity index (χ1) is 34.6. The summed E-state index contributed by atoms with van der Waals surface area (Å²) in [5.74, 6) is 0.534. The molecule has 368 valence electrons. The minimum Gasteiger partial charge on any atom is -0.423 e. The quantitative estimate of drug-likeness (QED) is 0.0899. The van der Waals surface area contributed by atoms with Crippen LogP contribution in [0.1, 0.15) is 73.6 Å². The van der Waals surface area contributed by atoms with Gasteiger partial charge in [0.2, 0.25) is 5.28 Å². The van der Waals surface area contributed by atoms with Gasteiger partial charge in [-0.2, -0.15) is 10.5 Å². The van der Waals surface area contributed by atoms with Gasteiger partial charge < -0.3 is 20.7 Å². The number of carbonyl (C=O) groups excluding carboxylic acids is 2. The third-order valence-electron chi connectivity index (χ3n) is 15.0. The highest BCUT2D eigenvalue weighted by molar-refractivity contribution is 6.58. The van der Waals surface area contributed by atoms with Crippen LogP contribution in [-0.2, 0) is 11.1 Å². The Hall–Kier alpha value is -7.25. The number of halogens is 1. The van der Waals surface area contributed by atoms with Crippen LogP contribution >= 0.6 is 11.6 Å². The fraction of sp³-hybridized carbons (Fsp3) is 0.333. The Kier molecular flexibility index (Phi) is 15.4. The largest absolute Gasteiger partial charge is 0.488 e. The number of benzene rings is 4. The fourth-order valence-electron chi connectivity index (χ4n) is 10.7. The lowest BCUT2D eigenvalue weighted by atomic mass is 9.69. The van der Waals surface area contributed by atoms with Crippen molar-refractivity contribution in [3.63, 3.8) is 0 Å². The highest BCUT2D eigenvalue weighted by Gasteiger charge is 2.52. The van der Waals surface area contributed by atoms with Gasteiger partial charge in [0.25, 0.3) is 0 Å². The van der Waals surface area contributed by atoms with Crippen LogP contribution in [0.4, 0.5) is 21.0 Å². The van der Waals surface area contributed by atoms with E-state index in [9.17, 15) is 9.59 Å². The van der Waals surface area contributed by atoms with E-state index >= 15 is 0 Å². The van der Waals surface area contributed by atoms with Crippen molar-refractivity contribution in [2.24, 2.45) is 0 Å². The zero-order valence-corrected chi connectivity index (χ0v) is 41.7. The summed E-state index contributed by atoms with van der Waals surface area (Å²) in [5.41, 5.74) is 5.69. The Balaban J connectivity index is 0.000000162. The Bertz CT molecular complexity index is 2920. The van der Waals surface area contributed by atoms with Crippen molar-refractivity contribution < 1.29 is 19.6 Å². The SMILES string of the molecule is CN(C)C1(c2ccccc2)CCC2(CC1)CN(c1cnc(-c3cccc(C#N)c3)nc1)C(=O)N2.CN(C)C1(c2ccccc2)CCC2(CC1)CN(c1cnc(Cl)nc1)C(=O)N2.N#Cc1cccc(B(O)O)c1. The summed E-state index contributed by atoms with van der Waals surface area (Å²) < 4.78 is 0. The molecule has 6 aromatic rings. The molecule has 2 spiro atoms. The van der Waals surface area contributed by atoms with Crippen molar-refractivity contribution in [3.8, 4) is 23.5 Å². The van der Waals surface area contributed by atoms with Crippen LogP contribution in [0.5, 0.6) is 0 Å². The summed E-state index contributed by atoms with van der Waals surface area (Å²) in [6.45, 7) is 1.24. The van der Waals surface area contributed by atoms with Gasteiger partial charge in [-0.15, -0.1) is 0 Å². The maximum absolute atomic E-state index is 13.0. The van der Waals surface area contributed by atoms with Crippen LogP contribution in [0, 0.1) is 22.7 Å². The van der Waals surface area contributed by atoms with Crippen molar-refractivity contribution in [1.82, 2.24) is 40.4 Å². The number of amides is 4. The third kappa shape index (κ3) is 10.8. The molecule has 18 heteroatoms. The smallest absolute Gasteiger partial charge is 0.423 e. The molecule has 2 aliphatic carbocycles. The van der Waals surface area contributed by atoms with Gasteiger partial charge in [0.05, 0.1) is 83.6 Å². The highest BCUT2D eigenvalue weighted by Crippen LogP contribution is 2.48. The number of rotatable bonds is 8. The lowest BCUT2D eigenvalue weighted by Crippen LogP contribution is -2.54. The number of hydrogen-bond donors (Lipinski definition) is 4. The van der Waals surface area contributed by atoms with Crippen LogP contribution in [0.15, 0.2) is 134 Å². The second-order valence-electron chi connectivity index (χ2n) is 19.5. The first-order valence-electron chi connectivity index (χ1n) is 23.9. The summed E-state index contributed by atoms with van der Waals surface area (Å²) in [4.78, 5) is 50.7. The van der Waals surface area contributed by atoms with E-state index in [0.29, 0.717) is 46.9 Å². The maximum atomic E-state index is 13.0. The molecule has 0 atom stereocenters. The standard InChI is InChI=1S/C27H28N6O.C20H24ClN5O.C7H6BNO2/c1-32(2)27(22-9-4-3-5-10-22)13-11-26(12-14-27)19-33(25(34)31-26)23-17-29-24(30-18-23)21-8-6-7-20(15-21)16-28;1-25(2)20(15-6-4-3-5-7-15)10-8-19(9-11-20)14-26(18(27)24-19)16-12-22-17(21)23-13-16;9-5-6-2-1-3-7(4-6)8(10)11/h3-10,15,17-18H,11-14,19H2,1-2H3,(H,31,34);3-7,12-13H,8-11,14H2,1-2H3,(H,24,27);1-4,10-11H. The summed E-state index contributed by atoms with van der Waals surface area (Å²) in [7, 11) is 7.10. The zero-order chi connectivity index (χ0) is 51.1. The maximum Gasteiger partial charge on any atom is 0.488 e. The average molecular weight is 985 g/mol. The molecule has 0 unspecified atom stereocenters. The van der Waals surface area contributed by atoms with Crippen LogP contribution in [0.3, 0.4) is 0 Å². The minimum absolute atomic E-state index is 0.00798. The number of anilines is 2. The number of nitrogens with one attached hydrogen (secondary N) is 2. The van der Waals surface area contributed by atoms with E-state index in [-0.39, 0.29) is 39.5 Å². The summed E-state index contributed by atoms with van der Waals surface area (Å²) in [5, 5.41) is 41.6. The van der Waals surface area contributed by atoms with Crippen LogP contribution in [-0.4, -0.2) is 111 Å². The van der Waals surface area contributed by atoms with E-state index in [1.54, 1.807) is 64.9 Å². The Labute approximate surface area is 426 Å². The first kappa shape index (κ1) is 51.1. The summed E-state index contributed by atoms with van der Waals surface area (Å²) in [6.07, 6.45) is 14.2. The van der Waals surface area contributed by atoms with E-state index in [0.717, 1.165) is 56.9 Å². The molecule has 72 heavy (non-hydrogen) atoms. The molecule has 0 bridgehead atoms. The lowest BCUT2D eigenvalue weighted by Gasteiger charge is -2.48. The van der Waals surface area contributed by atoms with E-state index in [2.05, 4.69) is 135 Å². The van der Waals surface area contributed by atoms with Gasteiger partial charge in [0, 0.05) is 16.6 Å². The predicted molar refractivity (Wildman–Crippen MR) is 278 cm³/mol. The molecule has 2 saturated heterocycles. The normalized spacial score (nSPS) is 23.3. The van der Waals surface area contributed by atoms with Gasteiger partial charge in [-0.1, -0.05) is 84.9 Å². The van der Waals surface area contributed by atoms with E-state index in [1.807, 2.05) is 18.2 Å². The van der Waals surface area contributed by atoms with Gasteiger partial charge in [-0.25, -0.2) is 29.5 Å². The highest BCUT2D eigenvalue weighted by atomic mass is 35.5.